The fourth-order valence-electron chi connectivity index (χ4n) is 1.23. The second kappa shape index (κ2) is 8.22. The third kappa shape index (κ3) is 7.90. The van der Waals surface area contributed by atoms with Crippen LogP contribution in [0.15, 0.2) is 0 Å². The molecule has 0 aromatic rings. The molecule has 1 N–H and O–H groups in total. The number of nitrogens with one attached hydrogen (secondary N) is 1. The Hall–Kier alpha value is -0.910. The molecule has 0 fully saturated rings. The third-order valence-corrected chi connectivity index (χ3v) is 3.58. The zero-order valence-electron chi connectivity index (χ0n) is 10.8. The summed E-state index contributed by atoms with van der Waals surface area (Å²) in [6.45, 7) is 5.40. The van der Waals surface area contributed by atoms with E-state index in [0.29, 0.717) is 0 Å². The minimum Gasteiger partial charge on any atom is -0.469 e. The highest BCUT2D eigenvalue weighted by molar-refractivity contribution is 7.85. The van der Waals surface area contributed by atoms with Crippen LogP contribution < -0.4 is 5.32 Å². The number of amides is 1. The molecule has 2 atom stereocenters. The van der Waals surface area contributed by atoms with Crippen molar-refractivity contribution in [2.45, 2.75) is 33.2 Å². The molecule has 0 saturated carbocycles. The molecule has 1 amide bonds. The van der Waals surface area contributed by atoms with Crippen molar-refractivity contribution in [3.8, 4) is 0 Å². The van der Waals surface area contributed by atoms with Gasteiger partial charge in [-0.05, 0) is 13.8 Å². The number of carbonyl (C=O) groups excluding carboxylic acids is 2. The van der Waals surface area contributed by atoms with E-state index in [0.717, 1.165) is 0 Å². The number of esters is 1. The van der Waals surface area contributed by atoms with Crippen molar-refractivity contribution in [1.82, 2.24) is 5.32 Å². The summed E-state index contributed by atoms with van der Waals surface area (Å²) in [5.74, 6) is -0.361. The van der Waals surface area contributed by atoms with Gasteiger partial charge in [-0.15, -0.1) is 0 Å². The second-order valence-corrected chi connectivity index (χ2v) is 5.83. The lowest BCUT2D eigenvalue weighted by atomic mass is 10.2. The summed E-state index contributed by atoms with van der Waals surface area (Å²) < 4.78 is 16.1. The van der Waals surface area contributed by atoms with Crippen LogP contribution in [0.25, 0.3) is 0 Å². The fraction of sp³-hybridized carbons (Fsp3) is 0.818. The van der Waals surface area contributed by atoms with Gasteiger partial charge in [0.05, 0.1) is 13.0 Å². The van der Waals surface area contributed by atoms with Crippen LogP contribution in [0.1, 0.15) is 27.2 Å². The molecule has 100 valence electrons. The molecule has 0 heterocycles. The third-order valence-electron chi connectivity index (χ3n) is 2.05. The van der Waals surface area contributed by atoms with Crippen LogP contribution in [-0.2, 0) is 25.1 Å². The smallest absolute Gasteiger partial charge is 0.309 e. The molecule has 0 aromatic carbocycles. The van der Waals surface area contributed by atoms with E-state index in [2.05, 4.69) is 10.1 Å². The fourth-order valence-corrected chi connectivity index (χ4v) is 2.51. The Kier molecular flexibility index (Phi) is 7.78. The molecule has 17 heavy (non-hydrogen) atoms. The summed E-state index contributed by atoms with van der Waals surface area (Å²) in [5, 5.41) is 2.72. The van der Waals surface area contributed by atoms with Crippen molar-refractivity contribution >= 4 is 22.7 Å². The topological polar surface area (TPSA) is 72.5 Å². The lowest BCUT2D eigenvalue weighted by Crippen LogP contribution is -2.31. The van der Waals surface area contributed by atoms with Crippen molar-refractivity contribution < 1.29 is 18.5 Å². The Morgan fingerprint density at radius 1 is 1.29 bits per heavy atom. The SMILES string of the molecule is COC(=O)C(C)CS(=O)CCC(=O)NC(C)C. The predicted octanol–water partition coefficient (Wildman–Crippen LogP) is 0.459. The highest BCUT2D eigenvalue weighted by Crippen LogP contribution is 2.02. The van der Waals surface area contributed by atoms with Crippen LogP contribution in [-0.4, -0.2) is 40.7 Å². The lowest BCUT2D eigenvalue weighted by Gasteiger charge is -2.10. The van der Waals surface area contributed by atoms with Gasteiger partial charge in [0.25, 0.3) is 0 Å². The number of hydrogen-bond acceptors (Lipinski definition) is 4. The number of methoxy groups -OCH3 is 1. The first kappa shape index (κ1) is 16.1. The Labute approximate surface area is 105 Å². The van der Waals surface area contributed by atoms with Crippen molar-refractivity contribution in [3.05, 3.63) is 0 Å². The van der Waals surface area contributed by atoms with Crippen LogP contribution >= 0.6 is 0 Å². The maximum absolute atomic E-state index is 11.6. The molecule has 2 unspecified atom stereocenters. The van der Waals surface area contributed by atoms with Crippen molar-refractivity contribution in [2.24, 2.45) is 5.92 Å². The van der Waals surface area contributed by atoms with E-state index < -0.39 is 16.7 Å². The first-order valence-corrected chi connectivity index (χ1v) is 7.07. The Balaban J connectivity index is 3.87. The molecular weight excluding hydrogens is 242 g/mol. The van der Waals surface area contributed by atoms with E-state index >= 15 is 0 Å². The largest absolute Gasteiger partial charge is 0.469 e. The van der Waals surface area contributed by atoms with Crippen molar-refractivity contribution in [3.63, 3.8) is 0 Å². The number of hydrogen-bond donors (Lipinski definition) is 1. The molecule has 0 aliphatic carbocycles. The molecule has 0 saturated heterocycles. The van der Waals surface area contributed by atoms with Crippen molar-refractivity contribution in [2.75, 3.05) is 18.6 Å². The van der Waals surface area contributed by atoms with Crippen molar-refractivity contribution in [1.29, 1.82) is 0 Å². The van der Waals surface area contributed by atoms with Gasteiger partial charge in [0.2, 0.25) is 5.91 Å². The molecule has 0 spiro atoms. The quantitative estimate of drug-likeness (QED) is 0.677. The molecule has 0 aromatic heterocycles. The van der Waals surface area contributed by atoms with E-state index in [4.69, 9.17) is 0 Å². The second-order valence-electron chi connectivity index (χ2n) is 4.21. The molecule has 0 rings (SSSR count). The maximum Gasteiger partial charge on any atom is 0.309 e. The van der Waals surface area contributed by atoms with Gasteiger partial charge in [0, 0.05) is 34.8 Å². The van der Waals surface area contributed by atoms with Gasteiger partial charge >= 0.3 is 5.97 Å². The van der Waals surface area contributed by atoms with Gasteiger partial charge in [0.1, 0.15) is 0 Å². The van der Waals surface area contributed by atoms with Gasteiger partial charge in [-0.2, -0.15) is 0 Å². The molecular formula is C11H21NO4S. The minimum absolute atomic E-state index is 0.0879. The van der Waals surface area contributed by atoms with Gasteiger partial charge in [0.15, 0.2) is 0 Å². The van der Waals surface area contributed by atoms with Crippen LogP contribution in [0.4, 0.5) is 0 Å². The van der Waals surface area contributed by atoms with E-state index in [1.54, 1.807) is 6.92 Å². The van der Waals surface area contributed by atoms with Gasteiger partial charge in [-0.1, -0.05) is 6.92 Å². The Morgan fingerprint density at radius 3 is 2.35 bits per heavy atom. The van der Waals surface area contributed by atoms with Crippen LogP contribution in [0.3, 0.4) is 0 Å². The lowest BCUT2D eigenvalue weighted by molar-refractivity contribution is -0.144. The maximum atomic E-state index is 11.6. The first-order chi connectivity index (χ1) is 7.86. The molecule has 0 bridgehead atoms. The number of ether oxygens (including phenoxy) is 1. The molecule has 5 nitrogen and oxygen atoms in total. The van der Waals surface area contributed by atoms with Crippen LogP contribution in [0.2, 0.25) is 0 Å². The van der Waals surface area contributed by atoms with Gasteiger partial charge in [-0.3, -0.25) is 13.8 Å². The summed E-state index contributed by atoms with van der Waals surface area (Å²) >= 11 is 0. The highest BCUT2D eigenvalue weighted by Gasteiger charge is 2.17. The zero-order valence-corrected chi connectivity index (χ0v) is 11.6. The number of carbonyl (C=O) groups is 2. The Bertz CT molecular complexity index is 291. The van der Waals surface area contributed by atoms with E-state index in [-0.39, 0.29) is 35.8 Å². The van der Waals surface area contributed by atoms with Gasteiger partial charge < -0.3 is 10.1 Å². The standard InChI is InChI=1S/C11H21NO4S/c1-8(2)12-10(13)5-6-17(15)7-9(3)11(14)16-4/h8-9H,5-7H2,1-4H3,(H,12,13). The summed E-state index contributed by atoms with van der Waals surface area (Å²) in [6.07, 6.45) is 0.221. The van der Waals surface area contributed by atoms with E-state index in [1.165, 1.54) is 7.11 Å². The molecule has 0 aliphatic rings. The normalized spacial score (nSPS) is 14.2. The van der Waals surface area contributed by atoms with Crippen LogP contribution in [0.5, 0.6) is 0 Å². The number of rotatable bonds is 7. The Morgan fingerprint density at radius 2 is 1.88 bits per heavy atom. The summed E-state index contributed by atoms with van der Waals surface area (Å²) in [4.78, 5) is 22.4. The minimum atomic E-state index is -1.17. The monoisotopic (exact) mass is 263 g/mol. The predicted molar refractivity (Wildman–Crippen MR) is 67.0 cm³/mol. The average Bonchev–Trinajstić information content (AvgIpc) is 2.24. The van der Waals surface area contributed by atoms with E-state index in [9.17, 15) is 13.8 Å². The summed E-state index contributed by atoms with van der Waals surface area (Å²) in [6, 6.07) is 0.0879. The molecule has 0 radical (unpaired) electrons. The molecule has 0 aliphatic heterocycles. The van der Waals surface area contributed by atoms with E-state index in [1.807, 2.05) is 13.8 Å². The van der Waals surface area contributed by atoms with Crippen LogP contribution in [0, 0.1) is 5.92 Å². The highest BCUT2D eigenvalue weighted by atomic mass is 32.2. The van der Waals surface area contributed by atoms with Gasteiger partial charge in [-0.25, -0.2) is 0 Å². The zero-order chi connectivity index (χ0) is 13.4. The molecule has 6 heteroatoms. The first-order valence-electron chi connectivity index (χ1n) is 5.59. The summed E-state index contributed by atoms with van der Waals surface area (Å²) in [7, 11) is 0.134. The summed E-state index contributed by atoms with van der Waals surface area (Å²) in [5.41, 5.74) is 0. The average molecular weight is 263 g/mol.